The standard InChI is InChI=1S/C40H60N4O6/c1-5-9-13-15-17-19-23-47-29-25-27(41)39(49-21-11-7-3)31-33(29)43-35(37(31)45)36-38(46)32-34(44-36)30(48-24-20-18-16-14-10-6-2)26-28(42)40(32)50-22-12-8-4/h25-26,43,45H,5-24,41-42H2,1-4H3. The summed E-state index contributed by atoms with van der Waals surface area (Å²) < 4.78 is 24.7. The van der Waals surface area contributed by atoms with E-state index in [1.807, 2.05) is 0 Å². The van der Waals surface area contributed by atoms with Crippen LogP contribution in [0.3, 0.4) is 0 Å². The van der Waals surface area contributed by atoms with Crippen LogP contribution in [0.15, 0.2) is 17.1 Å². The Bertz CT molecular complexity index is 1580. The van der Waals surface area contributed by atoms with Gasteiger partial charge in [0.2, 0.25) is 5.78 Å². The summed E-state index contributed by atoms with van der Waals surface area (Å²) in [4.78, 5) is 22.4. The van der Waals surface area contributed by atoms with Crippen LogP contribution < -0.4 is 30.4 Å². The number of aliphatic imine (C=N–C) groups is 1. The molecule has 0 saturated carbocycles. The number of unbranched alkanes of at least 4 members (excludes halogenated alkanes) is 12. The van der Waals surface area contributed by atoms with E-state index in [0.717, 1.165) is 64.2 Å². The van der Waals surface area contributed by atoms with Gasteiger partial charge in [0, 0.05) is 12.1 Å². The zero-order valence-corrected chi connectivity index (χ0v) is 30.9. The van der Waals surface area contributed by atoms with Crippen LogP contribution in [0.1, 0.15) is 146 Å². The maximum Gasteiger partial charge on any atom is 0.219 e. The van der Waals surface area contributed by atoms with Gasteiger partial charge < -0.3 is 40.5 Å². The van der Waals surface area contributed by atoms with Crippen molar-refractivity contribution < 1.29 is 28.8 Å². The van der Waals surface area contributed by atoms with Crippen molar-refractivity contribution in [3.05, 3.63) is 23.4 Å². The maximum absolute atomic E-state index is 14.3. The number of anilines is 2. The number of nitrogens with two attached hydrogens (primary N) is 2. The normalized spacial score (nSPS) is 12.4. The Morgan fingerprint density at radius 3 is 1.72 bits per heavy atom. The molecule has 10 heteroatoms. The molecule has 50 heavy (non-hydrogen) atoms. The number of benzene rings is 2. The summed E-state index contributed by atoms with van der Waals surface area (Å²) in [5, 5.41) is 12.2. The number of aromatic nitrogens is 1. The second-order valence-corrected chi connectivity index (χ2v) is 13.3. The minimum atomic E-state index is -0.416. The van der Waals surface area contributed by atoms with Crippen molar-refractivity contribution in [3.63, 3.8) is 0 Å². The predicted molar refractivity (Wildman–Crippen MR) is 204 cm³/mol. The first-order valence-corrected chi connectivity index (χ1v) is 19.2. The number of nitrogens with zero attached hydrogens (tertiary/aromatic N) is 1. The number of ketones is 1. The van der Waals surface area contributed by atoms with Crippen LogP contribution in [0.2, 0.25) is 0 Å². The van der Waals surface area contributed by atoms with E-state index in [9.17, 15) is 9.90 Å². The molecule has 0 aliphatic carbocycles. The van der Waals surface area contributed by atoms with Crippen LogP contribution in [0.5, 0.6) is 28.7 Å². The summed E-state index contributed by atoms with van der Waals surface area (Å²) >= 11 is 0. The highest BCUT2D eigenvalue weighted by molar-refractivity contribution is 6.56. The Balaban J connectivity index is 1.70. The molecule has 0 unspecified atom stereocenters. The number of aromatic amines is 1. The fourth-order valence-corrected chi connectivity index (χ4v) is 6.21. The van der Waals surface area contributed by atoms with Gasteiger partial charge in [0.25, 0.3) is 0 Å². The molecule has 2 heterocycles. The molecule has 6 N–H and O–H groups in total. The Morgan fingerprint density at radius 2 is 1.12 bits per heavy atom. The maximum atomic E-state index is 14.3. The lowest BCUT2D eigenvalue weighted by atomic mass is 10.0. The molecule has 10 nitrogen and oxygen atoms in total. The fraction of sp³-hybridized carbons (Fsp3) is 0.600. The number of hydrogen-bond donors (Lipinski definition) is 4. The van der Waals surface area contributed by atoms with E-state index in [2.05, 4.69) is 32.7 Å². The molecule has 1 aromatic heterocycles. The van der Waals surface area contributed by atoms with Crippen LogP contribution in [0, 0.1) is 0 Å². The summed E-state index contributed by atoms with van der Waals surface area (Å²) in [5.41, 5.74) is 14.9. The number of ether oxygens (including phenoxy) is 4. The van der Waals surface area contributed by atoms with Gasteiger partial charge in [-0.05, 0) is 25.7 Å². The summed E-state index contributed by atoms with van der Waals surface area (Å²) in [5.74, 6) is 0.939. The van der Waals surface area contributed by atoms with E-state index < -0.39 is 5.78 Å². The third-order valence-electron chi connectivity index (χ3n) is 9.14. The number of carbonyl (C=O) groups is 1. The molecular formula is C40H60N4O6. The molecule has 0 atom stereocenters. The minimum Gasteiger partial charge on any atom is -0.505 e. The van der Waals surface area contributed by atoms with Crippen molar-refractivity contribution in [1.29, 1.82) is 0 Å². The van der Waals surface area contributed by atoms with Crippen molar-refractivity contribution in [3.8, 4) is 28.7 Å². The van der Waals surface area contributed by atoms with Crippen LogP contribution in [-0.4, -0.2) is 48.0 Å². The van der Waals surface area contributed by atoms with E-state index in [4.69, 9.17) is 35.4 Å². The molecule has 0 saturated heterocycles. The van der Waals surface area contributed by atoms with E-state index in [1.54, 1.807) is 12.1 Å². The SMILES string of the molecule is CCCCCCCCOc1cc(N)c(OCCCC)c2c1N=C(c1[nH]c3c(OCCCCCCCC)cc(N)c(OCCCC)c3c1O)C2=O. The van der Waals surface area contributed by atoms with Gasteiger partial charge in [-0.1, -0.05) is 105 Å². The zero-order valence-electron chi connectivity index (χ0n) is 30.9. The van der Waals surface area contributed by atoms with E-state index in [-0.39, 0.29) is 28.5 Å². The molecular weight excluding hydrogens is 632 g/mol. The van der Waals surface area contributed by atoms with Gasteiger partial charge in [-0.3, -0.25) is 4.79 Å². The Morgan fingerprint density at radius 1 is 0.640 bits per heavy atom. The summed E-state index contributed by atoms with van der Waals surface area (Å²) in [6.45, 7) is 10.4. The van der Waals surface area contributed by atoms with Crippen LogP contribution >= 0.6 is 0 Å². The van der Waals surface area contributed by atoms with Crippen molar-refractivity contribution in [2.24, 2.45) is 4.99 Å². The molecule has 4 rings (SSSR count). The Hall–Kier alpha value is -4.08. The molecule has 276 valence electrons. The van der Waals surface area contributed by atoms with Crippen molar-refractivity contribution in [1.82, 2.24) is 4.98 Å². The number of fused-ring (bicyclic) bond motifs is 2. The van der Waals surface area contributed by atoms with Crippen molar-refractivity contribution in [2.75, 3.05) is 37.9 Å². The summed E-state index contributed by atoms with van der Waals surface area (Å²) in [6, 6.07) is 3.42. The second kappa shape index (κ2) is 19.9. The van der Waals surface area contributed by atoms with Crippen LogP contribution in [0.4, 0.5) is 17.1 Å². The lowest BCUT2D eigenvalue weighted by molar-refractivity contribution is 0.106. The number of nitrogen functional groups attached to an aromatic ring is 2. The number of aromatic hydroxyl groups is 1. The molecule has 0 radical (unpaired) electrons. The molecule has 1 aliphatic rings. The molecule has 0 amide bonds. The minimum absolute atomic E-state index is 0.0315. The van der Waals surface area contributed by atoms with Gasteiger partial charge in [-0.25, -0.2) is 4.99 Å². The largest absolute Gasteiger partial charge is 0.505 e. The van der Waals surface area contributed by atoms with E-state index in [0.29, 0.717) is 71.6 Å². The third kappa shape index (κ3) is 9.58. The third-order valence-corrected chi connectivity index (χ3v) is 9.14. The van der Waals surface area contributed by atoms with Gasteiger partial charge in [0.1, 0.15) is 28.6 Å². The highest BCUT2D eigenvalue weighted by Crippen LogP contribution is 2.50. The highest BCUT2D eigenvalue weighted by Gasteiger charge is 2.37. The summed E-state index contributed by atoms with van der Waals surface area (Å²) in [7, 11) is 0. The zero-order chi connectivity index (χ0) is 35.9. The van der Waals surface area contributed by atoms with Crippen molar-refractivity contribution in [2.45, 2.75) is 130 Å². The highest BCUT2D eigenvalue weighted by atomic mass is 16.5. The number of hydrogen-bond acceptors (Lipinski definition) is 9. The molecule has 2 aromatic carbocycles. The fourth-order valence-electron chi connectivity index (χ4n) is 6.21. The second-order valence-electron chi connectivity index (χ2n) is 13.3. The smallest absolute Gasteiger partial charge is 0.219 e. The lowest BCUT2D eigenvalue weighted by Crippen LogP contribution is -2.14. The number of carbonyl (C=O) groups excluding carboxylic acids is 1. The number of Topliss-reactive ketones (excluding diaryl/α,β-unsaturated/α-hetero) is 1. The average molecular weight is 693 g/mol. The average Bonchev–Trinajstić information content (AvgIpc) is 3.63. The molecule has 3 aromatic rings. The molecule has 1 aliphatic heterocycles. The number of rotatable bonds is 25. The summed E-state index contributed by atoms with van der Waals surface area (Å²) in [6.07, 6.45) is 17.0. The quantitative estimate of drug-likeness (QED) is 0.0505. The van der Waals surface area contributed by atoms with E-state index >= 15 is 0 Å². The monoisotopic (exact) mass is 692 g/mol. The van der Waals surface area contributed by atoms with Gasteiger partial charge in [-0.15, -0.1) is 0 Å². The van der Waals surface area contributed by atoms with Crippen LogP contribution in [0.25, 0.3) is 10.9 Å². The van der Waals surface area contributed by atoms with Gasteiger partial charge >= 0.3 is 0 Å². The van der Waals surface area contributed by atoms with Gasteiger partial charge in [0.15, 0.2) is 17.2 Å². The molecule has 0 fully saturated rings. The number of H-pyrrole nitrogens is 1. The lowest BCUT2D eigenvalue weighted by Gasteiger charge is -2.15. The van der Waals surface area contributed by atoms with Gasteiger partial charge in [0.05, 0.1) is 54.3 Å². The topological polar surface area (TPSA) is 154 Å². The van der Waals surface area contributed by atoms with Gasteiger partial charge in [-0.2, -0.15) is 0 Å². The molecule has 0 spiro atoms. The first-order valence-electron chi connectivity index (χ1n) is 19.2. The first kappa shape index (κ1) is 38.7. The number of nitrogens with one attached hydrogen (secondary N) is 1. The Kier molecular flexibility index (Phi) is 15.4. The first-order chi connectivity index (χ1) is 24.4. The Labute approximate surface area is 298 Å². The van der Waals surface area contributed by atoms with E-state index in [1.165, 1.54) is 38.5 Å². The van der Waals surface area contributed by atoms with Crippen LogP contribution in [-0.2, 0) is 0 Å². The van der Waals surface area contributed by atoms with Crippen molar-refractivity contribution >= 4 is 39.5 Å². The molecule has 0 bridgehead atoms. The predicted octanol–water partition coefficient (Wildman–Crippen LogP) is 10.2.